The van der Waals surface area contributed by atoms with E-state index in [0.29, 0.717) is 29.8 Å². The Hall–Kier alpha value is -2.73. The van der Waals surface area contributed by atoms with Crippen LogP contribution < -0.4 is 18.9 Å². The molecular formula is C25H32O6. The van der Waals surface area contributed by atoms with E-state index in [-0.39, 0.29) is 5.97 Å². The quantitative estimate of drug-likeness (QED) is 0.411. The Labute approximate surface area is 184 Å². The maximum atomic E-state index is 11.8. The third-order valence-electron chi connectivity index (χ3n) is 5.68. The molecule has 1 fully saturated rings. The Bertz CT molecular complexity index is 878. The standard InChI is InChI=1S/C25H32O6/c1-5-6-25(26)31-22-10-8-18(14-24(22)29-4)12-20-16-30-15-19(20)11-17-7-9-21(27-2)23(13-17)28-3/h7-10,13-14,19-20H,5-6,11-12,15-16H2,1-4H3/t19-,20-/m0/s1. The summed E-state index contributed by atoms with van der Waals surface area (Å²) < 4.78 is 27.5. The lowest BCUT2D eigenvalue weighted by atomic mass is 9.85. The third kappa shape index (κ3) is 5.91. The molecule has 2 atom stereocenters. The van der Waals surface area contributed by atoms with Crippen LogP contribution in [-0.2, 0) is 22.4 Å². The highest BCUT2D eigenvalue weighted by Gasteiger charge is 2.29. The minimum Gasteiger partial charge on any atom is -0.493 e. The normalized spacial score (nSPS) is 17.9. The minimum atomic E-state index is -0.243. The monoisotopic (exact) mass is 428 g/mol. The average Bonchev–Trinajstić information content (AvgIpc) is 3.21. The molecule has 31 heavy (non-hydrogen) atoms. The van der Waals surface area contributed by atoms with Crippen LogP contribution in [0.15, 0.2) is 36.4 Å². The fourth-order valence-electron chi connectivity index (χ4n) is 4.01. The molecule has 2 aromatic rings. The second kappa shape index (κ2) is 11.0. The molecule has 0 saturated carbocycles. The summed E-state index contributed by atoms with van der Waals surface area (Å²) in [6.45, 7) is 3.42. The topological polar surface area (TPSA) is 63.2 Å². The summed E-state index contributed by atoms with van der Waals surface area (Å²) in [6.07, 6.45) is 2.93. The number of rotatable bonds is 10. The largest absolute Gasteiger partial charge is 0.493 e. The number of carbonyl (C=O) groups excluding carboxylic acids is 1. The van der Waals surface area contributed by atoms with Crippen molar-refractivity contribution < 1.29 is 28.5 Å². The lowest BCUT2D eigenvalue weighted by Gasteiger charge is -2.19. The molecule has 0 amide bonds. The van der Waals surface area contributed by atoms with Crippen molar-refractivity contribution in [1.82, 2.24) is 0 Å². The Morgan fingerprint density at radius 2 is 1.35 bits per heavy atom. The first-order valence-electron chi connectivity index (χ1n) is 10.7. The van der Waals surface area contributed by atoms with Gasteiger partial charge in [0.1, 0.15) is 0 Å². The molecule has 1 heterocycles. The highest BCUT2D eigenvalue weighted by molar-refractivity contribution is 5.73. The highest BCUT2D eigenvalue weighted by atomic mass is 16.6. The summed E-state index contributed by atoms with van der Waals surface area (Å²) in [5.41, 5.74) is 2.34. The first-order valence-corrected chi connectivity index (χ1v) is 10.7. The molecule has 6 heteroatoms. The minimum absolute atomic E-state index is 0.243. The van der Waals surface area contributed by atoms with Crippen molar-refractivity contribution in [1.29, 1.82) is 0 Å². The molecule has 3 rings (SSSR count). The molecule has 168 valence electrons. The first-order chi connectivity index (χ1) is 15.1. The van der Waals surface area contributed by atoms with Gasteiger partial charge in [0, 0.05) is 6.42 Å². The number of hydrogen-bond donors (Lipinski definition) is 0. The smallest absolute Gasteiger partial charge is 0.311 e. The van der Waals surface area contributed by atoms with Crippen molar-refractivity contribution in [3.63, 3.8) is 0 Å². The molecule has 0 spiro atoms. The van der Waals surface area contributed by atoms with Gasteiger partial charge in [-0.1, -0.05) is 19.1 Å². The Morgan fingerprint density at radius 1 is 0.839 bits per heavy atom. The van der Waals surface area contributed by atoms with Crippen molar-refractivity contribution in [3.8, 4) is 23.0 Å². The van der Waals surface area contributed by atoms with Gasteiger partial charge in [-0.15, -0.1) is 0 Å². The predicted molar refractivity (Wildman–Crippen MR) is 118 cm³/mol. The molecular weight excluding hydrogens is 396 g/mol. The Kier molecular flexibility index (Phi) is 8.18. The average molecular weight is 429 g/mol. The molecule has 0 unspecified atom stereocenters. The SMILES string of the molecule is CCCC(=O)Oc1ccc(C[C@H]2COC[C@@H]2Cc2ccc(OC)c(OC)c2)cc1OC. The lowest BCUT2D eigenvalue weighted by molar-refractivity contribution is -0.134. The second-order valence-electron chi connectivity index (χ2n) is 7.86. The molecule has 0 aliphatic carbocycles. The molecule has 0 bridgehead atoms. The van der Waals surface area contributed by atoms with E-state index in [1.54, 1.807) is 21.3 Å². The second-order valence-corrected chi connectivity index (χ2v) is 7.86. The van der Waals surface area contributed by atoms with Gasteiger partial charge < -0.3 is 23.7 Å². The van der Waals surface area contributed by atoms with Crippen LogP contribution in [-0.4, -0.2) is 40.5 Å². The maximum absolute atomic E-state index is 11.8. The number of hydrogen-bond acceptors (Lipinski definition) is 6. The van der Waals surface area contributed by atoms with Gasteiger partial charge in [0.15, 0.2) is 23.0 Å². The van der Waals surface area contributed by atoms with Gasteiger partial charge in [-0.25, -0.2) is 0 Å². The van der Waals surface area contributed by atoms with Crippen LogP contribution in [0.1, 0.15) is 30.9 Å². The molecule has 2 aromatic carbocycles. The van der Waals surface area contributed by atoms with Crippen molar-refractivity contribution in [2.75, 3.05) is 34.5 Å². The van der Waals surface area contributed by atoms with E-state index in [2.05, 4.69) is 6.07 Å². The summed E-state index contributed by atoms with van der Waals surface area (Å²) in [5.74, 6) is 3.09. The van der Waals surface area contributed by atoms with Crippen LogP contribution in [0.25, 0.3) is 0 Å². The van der Waals surface area contributed by atoms with Crippen molar-refractivity contribution in [2.24, 2.45) is 11.8 Å². The summed E-state index contributed by atoms with van der Waals surface area (Å²) in [6, 6.07) is 11.8. The van der Waals surface area contributed by atoms with Crippen LogP contribution in [0.4, 0.5) is 0 Å². The zero-order chi connectivity index (χ0) is 22.2. The maximum Gasteiger partial charge on any atom is 0.311 e. The van der Waals surface area contributed by atoms with Crippen LogP contribution in [0, 0.1) is 11.8 Å². The van der Waals surface area contributed by atoms with Crippen molar-refractivity contribution >= 4 is 5.97 Å². The van der Waals surface area contributed by atoms with E-state index in [0.717, 1.165) is 49.5 Å². The molecule has 0 N–H and O–H groups in total. The zero-order valence-electron chi connectivity index (χ0n) is 18.8. The van der Waals surface area contributed by atoms with Crippen LogP contribution in [0.3, 0.4) is 0 Å². The van der Waals surface area contributed by atoms with Crippen molar-refractivity contribution in [3.05, 3.63) is 47.5 Å². The molecule has 6 nitrogen and oxygen atoms in total. The van der Waals surface area contributed by atoms with Gasteiger partial charge in [-0.05, 0) is 66.5 Å². The van der Waals surface area contributed by atoms with Gasteiger partial charge >= 0.3 is 5.97 Å². The van der Waals surface area contributed by atoms with Gasteiger partial charge in [0.05, 0.1) is 34.5 Å². The predicted octanol–water partition coefficient (Wildman–Crippen LogP) is 4.47. The van der Waals surface area contributed by atoms with Gasteiger partial charge in [-0.3, -0.25) is 4.79 Å². The fraction of sp³-hybridized carbons (Fsp3) is 0.480. The van der Waals surface area contributed by atoms with Crippen LogP contribution in [0.2, 0.25) is 0 Å². The van der Waals surface area contributed by atoms with Crippen molar-refractivity contribution in [2.45, 2.75) is 32.6 Å². The molecule has 1 aliphatic heterocycles. The third-order valence-corrected chi connectivity index (χ3v) is 5.68. The molecule has 1 aliphatic rings. The van der Waals surface area contributed by atoms with Crippen LogP contribution >= 0.6 is 0 Å². The number of esters is 1. The van der Waals surface area contributed by atoms with E-state index >= 15 is 0 Å². The van der Waals surface area contributed by atoms with E-state index < -0.39 is 0 Å². The number of ether oxygens (including phenoxy) is 5. The highest BCUT2D eigenvalue weighted by Crippen LogP contribution is 2.34. The summed E-state index contributed by atoms with van der Waals surface area (Å²) in [7, 11) is 4.89. The van der Waals surface area contributed by atoms with Gasteiger partial charge in [0.25, 0.3) is 0 Å². The fourth-order valence-corrected chi connectivity index (χ4v) is 4.01. The zero-order valence-corrected chi connectivity index (χ0v) is 18.8. The Balaban J connectivity index is 1.68. The Morgan fingerprint density at radius 3 is 1.87 bits per heavy atom. The van der Waals surface area contributed by atoms with E-state index in [1.165, 1.54) is 5.56 Å². The molecule has 0 radical (unpaired) electrons. The summed E-state index contributed by atoms with van der Waals surface area (Å²) >= 11 is 0. The van der Waals surface area contributed by atoms with E-state index in [4.69, 9.17) is 23.7 Å². The van der Waals surface area contributed by atoms with Gasteiger partial charge in [-0.2, -0.15) is 0 Å². The lowest BCUT2D eigenvalue weighted by Crippen LogP contribution is -2.18. The van der Waals surface area contributed by atoms with E-state index in [9.17, 15) is 4.79 Å². The van der Waals surface area contributed by atoms with Crippen LogP contribution in [0.5, 0.6) is 23.0 Å². The summed E-state index contributed by atoms with van der Waals surface area (Å²) in [4.78, 5) is 11.8. The van der Waals surface area contributed by atoms with Gasteiger partial charge in [0.2, 0.25) is 0 Å². The van der Waals surface area contributed by atoms with E-state index in [1.807, 2.05) is 37.3 Å². The number of methoxy groups -OCH3 is 3. The number of carbonyl (C=O) groups is 1. The first kappa shape index (κ1) is 22.9. The summed E-state index contributed by atoms with van der Waals surface area (Å²) in [5, 5.41) is 0. The number of benzene rings is 2. The molecule has 1 saturated heterocycles. The molecule has 0 aromatic heterocycles.